The van der Waals surface area contributed by atoms with E-state index in [-0.39, 0.29) is 11.5 Å². The Morgan fingerprint density at radius 3 is 2.03 bits per heavy atom. The van der Waals surface area contributed by atoms with E-state index in [1.165, 1.54) is 55.6 Å². The van der Waals surface area contributed by atoms with E-state index < -0.39 is 21.7 Å². The van der Waals surface area contributed by atoms with Gasteiger partial charge in [0.1, 0.15) is 17.3 Å². The van der Waals surface area contributed by atoms with Gasteiger partial charge in [-0.05, 0) is 72.8 Å². The number of nitrogens with one attached hydrogen (secondary N) is 2. The largest absolute Gasteiger partial charge is 0.497 e. The molecule has 0 saturated carbocycles. The van der Waals surface area contributed by atoms with E-state index in [1.54, 1.807) is 24.3 Å². The quantitative estimate of drug-likeness (QED) is 0.569. The molecule has 1 amide bonds. The third-order valence-corrected chi connectivity index (χ3v) is 5.37. The van der Waals surface area contributed by atoms with E-state index in [0.717, 1.165) is 0 Å². The van der Waals surface area contributed by atoms with Crippen molar-refractivity contribution < 1.29 is 27.1 Å². The highest BCUT2D eigenvalue weighted by molar-refractivity contribution is 7.92. The molecule has 3 aromatic carbocycles. The zero-order valence-corrected chi connectivity index (χ0v) is 16.8. The molecule has 2 N–H and O–H groups in total. The number of benzene rings is 3. The topological polar surface area (TPSA) is 93.7 Å². The molecular weight excluding hydrogens is 411 g/mol. The molecule has 7 nitrogen and oxygen atoms in total. The fraction of sp³-hybridized carbons (Fsp3) is 0.0952. The number of sulfonamides is 1. The number of halogens is 1. The molecule has 0 aliphatic rings. The van der Waals surface area contributed by atoms with Crippen LogP contribution in [0.3, 0.4) is 0 Å². The second kappa shape index (κ2) is 9.27. The van der Waals surface area contributed by atoms with Gasteiger partial charge in [0.2, 0.25) is 0 Å². The minimum atomic E-state index is -3.78. The molecule has 0 bridgehead atoms. The Balaban J connectivity index is 1.56. The Kier molecular flexibility index (Phi) is 6.53. The van der Waals surface area contributed by atoms with Crippen LogP contribution in [0, 0.1) is 5.82 Å². The molecule has 0 aliphatic carbocycles. The molecule has 0 radical (unpaired) electrons. The number of anilines is 2. The number of ether oxygens (including phenoxy) is 2. The number of amides is 1. The highest BCUT2D eigenvalue weighted by Crippen LogP contribution is 2.21. The van der Waals surface area contributed by atoms with Crippen LogP contribution in [0.1, 0.15) is 0 Å². The summed E-state index contributed by atoms with van der Waals surface area (Å²) in [5, 5.41) is 2.57. The number of rotatable bonds is 8. The monoisotopic (exact) mass is 430 g/mol. The normalized spacial score (nSPS) is 10.9. The van der Waals surface area contributed by atoms with Gasteiger partial charge in [0.05, 0.1) is 12.0 Å². The summed E-state index contributed by atoms with van der Waals surface area (Å²) in [6.07, 6.45) is 0. The van der Waals surface area contributed by atoms with Gasteiger partial charge in [-0.25, -0.2) is 12.8 Å². The van der Waals surface area contributed by atoms with E-state index in [4.69, 9.17) is 9.47 Å². The number of hydrogen-bond donors (Lipinski definition) is 2. The van der Waals surface area contributed by atoms with Crippen molar-refractivity contribution in [2.24, 2.45) is 0 Å². The number of methoxy groups -OCH3 is 1. The summed E-state index contributed by atoms with van der Waals surface area (Å²) in [6.45, 7) is -0.284. The Labute approximate surface area is 173 Å². The fourth-order valence-electron chi connectivity index (χ4n) is 2.47. The van der Waals surface area contributed by atoms with Crippen molar-refractivity contribution in [3.05, 3.63) is 78.6 Å². The molecule has 0 heterocycles. The summed E-state index contributed by atoms with van der Waals surface area (Å²) >= 11 is 0. The van der Waals surface area contributed by atoms with Gasteiger partial charge in [-0.15, -0.1) is 0 Å². The molecule has 0 unspecified atom stereocenters. The molecule has 0 saturated heterocycles. The van der Waals surface area contributed by atoms with Crippen molar-refractivity contribution in [2.45, 2.75) is 4.90 Å². The van der Waals surface area contributed by atoms with Gasteiger partial charge < -0.3 is 14.8 Å². The second-order valence-corrected chi connectivity index (χ2v) is 7.83. The molecule has 3 aromatic rings. The first-order valence-electron chi connectivity index (χ1n) is 8.81. The van der Waals surface area contributed by atoms with Crippen LogP contribution in [-0.4, -0.2) is 28.0 Å². The Hall–Kier alpha value is -3.59. The molecule has 0 atom stereocenters. The zero-order chi connectivity index (χ0) is 21.6. The van der Waals surface area contributed by atoms with Crippen LogP contribution >= 0.6 is 0 Å². The van der Waals surface area contributed by atoms with Crippen LogP contribution < -0.4 is 19.5 Å². The molecule has 0 fully saturated rings. The number of carbonyl (C=O) groups excluding carboxylic acids is 1. The minimum Gasteiger partial charge on any atom is -0.497 e. The van der Waals surface area contributed by atoms with Crippen LogP contribution in [0.5, 0.6) is 11.5 Å². The van der Waals surface area contributed by atoms with Crippen LogP contribution in [0.2, 0.25) is 0 Å². The summed E-state index contributed by atoms with van der Waals surface area (Å²) in [4.78, 5) is 11.9. The lowest BCUT2D eigenvalue weighted by molar-refractivity contribution is -0.118. The zero-order valence-electron chi connectivity index (χ0n) is 16.0. The lowest BCUT2D eigenvalue weighted by atomic mass is 10.3. The van der Waals surface area contributed by atoms with Crippen LogP contribution in [0.25, 0.3) is 0 Å². The maximum absolute atomic E-state index is 12.9. The molecule has 0 aromatic heterocycles. The molecule has 156 valence electrons. The highest BCUT2D eigenvalue weighted by atomic mass is 32.2. The predicted octanol–water partition coefficient (Wildman–Crippen LogP) is 3.65. The third-order valence-electron chi connectivity index (χ3n) is 3.97. The molecule has 0 spiro atoms. The second-order valence-electron chi connectivity index (χ2n) is 6.15. The van der Waals surface area contributed by atoms with Gasteiger partial charge in [-0.2, -0.15) is 0 Å². The third kappa shape index (κ3) is 5.71. The summed E-state index contributed by atoms with van der Waals surface area (Å²) in [5.41, 5.74) is 0.838. The first-order chi connectivity index (χ1) is 14.4. The van der Waals surface area contributed by atoms with Crippen molar-refractivity contribution >= 4 is 27.3 Å². The maximum Gasteiger partial charge on any atom is 0.262 e. The smallest absolute Gasteiger partial charge is 0.262 e. The van der Waals surface area contributed by atoms with Crippen LogP contribution in [0.15, 0.2) is 77.7 Å². The molecule has 3 rings (SSSR count). The summed E-state index contributed by atoms with van der Waals surface area (Å²) in [5.74, 6) is 0.107. The minimum absolute atomic E-state index is 0.0430. The lowest BCUT2D eigenvalue weighted by Crippen LogP contribution is -2.20. The van der Waals surface area contributed by atoms with Crippen molar-refractivity contribution in [3.8, 4) is 11.5 Å². The van der Waals surface area contributed by atoms with Crippen molar-refractivity contribution in [2.75, 3.05) is 23.8 Å². The van der Waals surface area contributed by atoms with Crippen LogP contribution in [0.4, 0.5) is 15.8 Å². The molecule has 0 aliphatic heterocycles. The van der Waals surface area contributed by atoms with E-state index in [9.17, 15) is 17.6 Å². The Morgan fingerprint density at radius 2 is 1.43 bits per heavy atom. The first kappa shape index (κ1) is 21.1. The number of hydrogen-bond acceptors (Lipinski definition) is 5. The standard InChI is InChI=1S/C21H19FN2O5S/c1-28-18-8-6-17(7-9-18)24-30(26,27)20-12-10-19(11-13-20)29-14-21(25)23-16-4-2-15(22)3-5-16/h2-13,24H,14H2,1H3,(H,23,25). The summed E-state index contributed by atoms with van der Waals surface area (Å²) < 4.78 is 50.7. The Bertz CT molecular complexity index is 1100. The lowest BCUT2D eigenvalue weighted by Gasteiger charge is -2.10. The molecule has 30 heavy (non-hydrogen) atoms. The van der Waals surface area contributed by atoms with E-state index in [1.807, 2.05) is 0 Å². The van der Waals surface area contributed by atoms with Crippen molar-refractivity contribution in [3.63, 3.8) is 0 Å². The van der Waals surface area contributed by atoms with E-state index >= 15 is 0 Å². The fourth-order valence-corrected chi connectivity index (χ4v) is 3.53. The maximum atomic E-state index is 12.9. The number of carbonyl (C=O) groups is 1. The highest BCUT2D eigenvalue weighted by Gasteiger charge is 2.14. The summed E-state index contributed by atoms with van der Waals surface area (Å²) in [6, 6.07) is 17.5. The van der Waals surface area contributed by atoms with Crippen LogP contribution in [-0.2, 0) is 14.8 Å². The van der Waals surface area contributed by atoms with Gasteiger partial charge in [0.25, 0.3) is 15.9 Å². The van der Waals surface area contributed by atoms with Gasteiger partial charge in [-0.1, -0.05) is 0 Å². The molecular formula is C21H19FN2O5S. The average Bonchev–Trinajstić information content (AvgIpc) is 2.74. The van der Waals surface area contributed by atoms with Gasteiger partial charge in [-0.3, -0.25) is 9.52 Å². The Morgan fingerprint density at radius 1 is 0.867 bits per heavy atom. The van der Waals surface area contributed by atoms with Crippen molar-refractivity contribution in [1.82, 2.24) is 0 Å². The average molecular weight is 430 g/mol. The van der Waals surface area contributed by atoms with E-state index in [2.05, 4.69) is 10.0 Å². The molecule has 9 heteroatoms. The van der Waals surface area contributed by atoms with Gasteiger partial charge in [0.15, 0.2) is 6.61 Å². The summed E-state index contributed by atoms with van der Waals surface area (Å²) in [7, 11) is -2.26. The first-order valence-corrected chi connectivity index (χ1v) is 10.3. The van der Waals surface area contributed by atoms with Gasteiger partial charge in [0, 0.05) is 11.4 Å². The predicted molar refractivity (Wildman–Crippen MR) is 111 cm³/mol. The van der Waals surface area contributed by atoms with E-state index in [0.29, 0.717) is 22.9 Å². The SMILES string of the molecule is COc1ccc(NS(=O)(=O)c2ccc(OCC(=O)Nc3ccc(F)cc3)cc2)cc1. The van der Waals surface area contributed by atoms with Gasteiger partial charge >= 0.3 is 0 Å². The van der Waals surface area contributed by atoms with Crippen molar-refractivity contribution in [1.29, 1.82) is 0 Å².